The Labute approximate surface area is 171 Å². The van der Waals surface area contributed by atoms with E-state index in [2.05, 4.69) is 15.1 Å². The molecule has 2 rings (SSSR count). The van der Waals surface area contributed by atoms with Gasteiger partial charge in [0.2, 0.25) is 15.9 Å². The fourth-order valence-electron chi connectivity index (χ4n) is 2.42. The summed E-state index contributed by atoms with van der Waals surface area (Å²) in [6.45, 7) is 2.67. The zero-order valence-corrected chi connectivity index (χ0v) is 17.0. The van der Waals surface area contributed by atoms with Crippen LogP contribution in [-0.2, 0) is 27.5 Å². The SMILES string of the molecule is Cc1cnn(CCCNC(=O)CCNS(=O)(=O)c2ccc(Cl)c(C(F)(F)F)c2)c1. The maximum Gasteiger partial charge on any atom is 0.417 e. The molecule has 1 amide bonds. The maximum absolute atomic E-state index is 12.9. The second kappa shape index (κ2) is 9.59. The van der Waals surface area contributed by atoms with Crippen LogP contribution in [0.25, 0.3) is 0 Å². The molecule has 0 atom stereocenters. The molecule has 1 aromatic carbocycles. The Morgan fingerprint density at radius 3 is 2.62 bits per heavy atom. The van der Waals surface area contributed by atoms with E-state index in [1.807, 2.05) is 13.1 Å². The Bertz CT molecular complexity index is 961. The van der Waals surface area contributed by atoms with Crippen LogP contribution in [0.4, 0.5) is 13.2 Å². The first-order chi connectivity index (χ1) is 13.5. The second-order valence-corrected chi connectivity index (χ2v) is 8.45. The number of nitrogens with zero attached hydrogens (tertiary/aromatic N) is 2. The van der Waals surface area contributed by atoms with E-state index in [0.29, 0.717) is 25.6 Å². The van der Waals surface area contributed by atoms with Gasteiger partial charge in [0.05, 0.1) is 21.7 Å². The van der Waals surface area contributed by atoms with Crippen LogP contribution in [0.3, 0.4) is 0 Å². The summed E-state index contributed by atoms with van der Waals surface area (Å²) in [7, 11) is -4.21. The Kier molecular flexibility index (Phi) is 7.66. The third-order valence-corrected chi connectivity index (χ3v) is 5.63. The van der Waals surface area contributed by atoms with Crippen molar-refractivity contribution in [2.75, 3.05) is 13.1 Å². The van der Waals surface area contributed by atoms with E-state index in [4.69, 9.17) is 11.6 Å². The number of hydrogen-bond acceptors (Lipinski definition) is 4. The number of sulfonamides is 1. The summed E-state index contributed by atoms with van der Waals surface area (Å²) in [5.41, 5.74) is -0.212. The monoisotopic (exact) mass is 452 g/mol. The van der Waals surface area contributed by atoms with E-state index < -0.39 is 31.7 Å². The van der Waals surface area contributed by atoms with Gasteiger partial charge in [-0.3, -0.25) is 9.48 Å². The highest BCUT2D eigenvalue weighted by Crippen LogP contribution is 2.35. The summed E-state index contributed by atoms with van der Waals surface area (Å²) >= 11 is 5.48. The predicted molar refractivity (Wildman–Crippen MR) is 101 cm³/mol. The molecule has 2 N–H and O–H groups in total. The quantitative estimate of drug-likeness (QED) is 0.572. The molecule has 0 saturated carbocycles. The van der Waals surface area contributed by atoms with Gasteiger partial charge in [-0.1, -0.05) is 11.6 Å². The average Bonchev–Trinajstić information content (AvgIpc) is 3.03. The van der Waals surface area contributed by atoms with Crippen molar-refractivity contribution < 1.29 is 26.4 Å². The van der Waals surface area contributed by atoms with Crippen LogP contribution in [-0.4, -0.2) is 37.2 Å². The van der Waals surface area contributed by atoms with Crippen molar-refractivity contribution in [2.45, 2.75) is 37.4 Å². The van der Waals surface area contributed by atoms with Gasteiger partial charge in [-0.05, 0) is 37.1 Å². The van der Waals surface area contributed by atoms with Crippen molar-refractivity contribution in [3.8, 4) is 0 Å². The molecule has 7 nitrogen and oxygen atoms in total. The summed E-state index contributed by atoms with van der Waals surface area (Å²) in [4.78, 5) is 11.2. The number of carbonyl (C=O) groups is 1. The molecule has 0 unspecified atom stereocenters. The molecule has 29 heavy (non-hydrogen) atoms. The van der Waals surface area contributed by atoms with Gasteiger partial charge in [0, 0.05) is 32.3 Å². The van der Waals surface area contributed by atoms with Gasteiger partial charge in [0.1, 0.15) is 0 Å². The summed E-state index contributed by atoms with van der Waals surface area (Å²) in [6, 6.07) is 2.30. The molecule has 2 aromatic rings. The van der Waals surface area contributed by atoms with Gasteiger partial charge in [0.25, 0.3) is 0 Å². The minimum absolute atomic E-state index is 0.153. The number of rotatable bonds is 9. The minimum Gasteiger partial charge on any atom is -0.356 e. The topological polar surface area (TPSA) is 93.1 Å². The Morgan fingerprint density at radius 2 is 2.00 bits per heavy atom. The number of amides is 1. The minimum atomic E-state index is -4.78. The van der Waals surface area contributed by atoms with Gasteiger partial charge in [0.15, 0.2) is 0 Å². The third kappa shape index (κ3) is 7.02. The molecule has 0 saturated heterocycles. The Hall–Kier alpha value is -2.11. The van der Waals surface area contributed by atoms with Gasteiger partial charge < -0.3 is 5.32 Å². The summed E-state index contributed by atoms with van der Waals surface area (Å²) in [5, 5.41) is 6.16. The van der Waals surface area contributed by atoms with Crippen molar-refractivity contribution in [2.24, 2.45) is 0 Å². The van der Waals surface area contributed by atoms with Gasteiger partial charge in [-0.25, -0.2) is 13.1 Å². The highest BCUT2D eigenvalue weighted by Gasteiger charge is 2.34. The molecule has 1 aromatic heterocycles. The number of carbonyl (C=O) groups excluding carboxylic acids is 1. The van der Waals surface area contributed by atoms with Crippen LogP contribution in [0.1, 0.15) is 24.0 Å². The standard InChI is InChI=1S/C17H20ClF3N4O3S/c1-12-10-23-25(11-12)8-2-6-22-16(26)5-7-24-29(27,28)13-3-4-15(18)14(9-13)17(19,20)21/h3-4,9-11,24H,2,5-8H2,1H3,(H,22,26). The molecule has 0 aliphatic carbocycles. The van der Waals surface area contributed by atoms with E-state index >= 15 is 0 Å². The maximum atomic E-state index is 12.9. The van der Waals surface area contributed by atoms with E-state index in [9.17, 15) is 26.4 Å². The van der Waals surface area contributed by atoms with Crippen molar-refractivity contribution in [1.82, 2.24) is 19.8 Å². The van der Waals surface area contributed by atoms with Gasteiger partial charge in [-0.15, -0.1) is 0 Å². The smallest absolute Gasteiger partial charge is 0.356 e. The first-order valence-corrected chi connectivity index (χ1v) is 10.5. The number of aryl methyl sites for hydroxylation is 2. The number of benzene rings is 1. The van der Waals surface area contributed by atoms with Crippen molar-refractivity contribution in [1.29, 1.82) is 0 Å². The molecule has 0 aliphatic heterocycles. The Morgan fingerprint density at radius 1 is 1.28 bits per heavy atom. The van der Waals surface area contributed by atoms with Crippen LogP contribution in [0.15, 0.2) is 35.5 Å². The molecule has 1 heterocycles. The lowest BCUT2D eigenvalue weighted by Gasteiger charge is -2.12. The Balaban J connectivity index is 1.79. The number of hydrogen-bond donors (Lipinski definition) is 2. The van der Waals surface area contributed by atoms with E-state index in [-0.39, 0.29) is 18.9 Å². The molecule has 0 radical (unpaired) electrons. The first-order valence-electron chi connectivity index (χ1n) is 8.61. The zero-order valence-electron chi connectivity index (χ0n) is 15.5. The lowest BCUT2D eigenvalue weighted by atomic mass is 10.2. The number of halogens is 4. The van der Waals surface area contributed by atoms with Gasteiger partial charge >= 0.3 is 6.18 Å². The van der Waals surface area contributed by atoms with Crippen LogP contribution in [0, 0.1) is 6.92 Å². The van der Waals surface area contributed by atoms with E-state index in [1.54, 1.807) is 10.9 Å². The summed E-state index contributed by atoms with van der Waals surface area (Å²) in [6.07, 6.45) is -0.693. The largest absolute Gasteiger partial charge is 0.417 e. The number of nitrogens with one attached hydrogen (secondary N) is 2. The molecular formula is C17H20ClF3N4O3S. The molecule has 0 fully saturated rings. The highest BCUT2D eigenvalue weighted by atomic mass is 35.5. The van der Waals surface area contributed by atoms with Crippen LogP contribution < -0.4 is 10.0 Å². The van der Waals surface area contributed by atoms with Crippen LogP contribution in [0.2, 0.25) is 5.02 Å². The van der Waals surface area contributed by atoms with E-state index in [1.165, 1.54) is 0 Å². The van der Waals surface area contributed by atoms with Crippen LogP contribution in [0.5, 0.6) is 0 Å². The third-order valence-electron chi connectivity index (χ3n) is 3.85. The average molecular weight is 453 g/mol. The molecule has 0 aliphatic rings. The molecule has 0 spiro atoms. The first kappa shape index (κ1) is 23.2. The molecular weight excluding hydrogens is 433 g/mol. The van der Waals surface area contributed by atoms with Crippen LogP contribution >= 0.6 is 11.6 Å². The number of aromatic nitrogens is 2. The zero-order chi connectivity index (χ0) is 21.7. The highest BCUT2D eigenvalue weighted by molar-refractivity contribution is 7.89. The molecule has 160 valence electrons. The molecule has 0 bridgehead atoms. The lowest BCUT2D eigenvalue weighted by molar-refractivity contribution is -0.137. The fourth-order valence-corrected chi connectivity index (χ4v) is 3.70. The van der Waals surface area contributed by atoms with Crippen molar-refractivity contribution in [3.63, 3.8) is 0 Å². The normalized spacial score (nSPS) is 12.2. The van der Waals surface area contributed by atoms with E-state index in [0.717, 1.165) is 17.7 Å². The predicted octanol–water partition coefficient (Wildman–Crippen LogP) is 2.74. The fraction of sp³-hybridized carbons (Fsp3) is 0.412. The number of alkyl halides is 3. The second-order valence-electron chi connectivity index (χ2n) is 6.27. The molecule has 12 heteroatoms. The van der Waals surface area contributed by atoms with Gasteiger partial charge in [-0.2, -0.15) is 18.3 Å². The van der Waals surface area contributed by atoms with Crippen molar-refractivity contribution in [3.05, 3.63) is 46.7 Å². The lowest BCUT2D eigenvalue weighted by Crippen LogP contribution is -2.31. The summed E-state index contributed by atoms with van der Waals surface area (Å²) < 4.78 is 66.8. The van der Waals surface area contributed by atoms with Crippen molar-refractivity contribution >= 4 is 27.5 Å². The summed E-state index contributed by atoms with van der Waals surface area (Å²) in [5.74, 6) is -0.378.